The van der Waals surface area contributed by atoms with Gasteiger partial charge in [0.1, 0.15) is 0 Å². The minimum Gasteiger partial charge on any atom is -0.467 e. The van der Waals surface area contributed by atoms with Gasteiger partial charge in [-0.2, -0.15) is 9.97 Å². The van der Waals surface area contributed by atoms with E-state index >= 15 is 0 Å². The predicted octanol–water partition coefficient (Wildman–Crippen LogP) is 0.395. The van der Waals surface area contributed by atoms with Gasteiger partial charge < -0.3 is 19.7 Å². The highest BCUT2D eigenvalue weighted by Crippen LogP contribution is 2.29. The van der Waals surface area contributed by atoms with Gasteiger partial charge in [-0.3, -0.25) is 0 Å². The van der Waals surface area contributed by atoms with Crippen molar-refractivity contribution >= 4 is 5.95 Å². The number of hydrogen-bond acceptors (Lipinski definition) is 7. The second kappa shape index (κ2) is 5.16. The summed E-state index contributed by atoms with van der Waals surface area (Å²) in [7, 11) is 3.07. The smallest absolute Gasteiger partial charge is 0.324 e. The van der Waals surface area contributed by atoms with Gasteiger partial charge in [-0.05, 0) is 31.8 Å². The zero-order valence-electron chi connectivity index (χ0n) is 11.3. The summed E-state index contributed by atoms with van der Waals surface area (Å²) >= 11 is 0. The van der Waals surface area contributed by atoms with Crippen molar-refractivity contribution in [1.82, 2.24) is 19.9 Å². The number of hydrogen-bond donors (Lipinski definition) is 1. The summed E-state index contributed by atoms with van der Waals surface area (Å²) in [6, 6.07) is 0.950. The third-order valence-electron chi connectivity index (χ3n) is 3.93. The molecule has 3 aliphatic rings. The number of piperidine rings is 3. The van der Waals surface area contributed by atoms with Crippen molar-refractivity contribution in [3.63, 3.8) is 0 Å². The Morgan fingerprint density at radius 2 is 1.68 bits per heavy atom. The Balaban J connectivity index is 1.75. The SMILES string of the molecule is COc1nc(NC2CN3CCC2CC3)nc(OC)n1. The third-order valence-corrected chi connectivity index (χ3v) is 3.93. The number of fused-ring (bicyclic) bond motifs is 3. The molecule has 0 aliphatic carbocycles. The van der Waals surface area contributed by atoms with Gasteiger partial charge in [0.2, 0.25) is 5.95 Å². The lowest BCUT2D eigenvalue weighted by atomic mass is 9.84. The van der Waals surface area contributed by atoms with Crippen molar-refractivity contribution in [3.8, 4) is 12.0 Å². The fraction of sp³-hybridized carbons (Fsp3) is 0.750. The molecule has 0 aromatic carbocycles. The molecule has 3 fully saturated rings. The fourth-order valence-corrected chi connectivity index (χ4v) is 2.88. The summed E-state index contributed by atoms with van der Waals surface area (Å²) in [4.78, 5) is 14.9. The molecule has 1 atom stereocenters. The first-order valence-corrected chi connectivity index (χ1v) is 6.61. The summed E-state index contributed by atoms with van der Waals surface area (Å²) in [5.74, 6) is 1.24. The molecular formula is C12H19N5O2. The normalized spacial score (nSPS) is 29.1. The van der Waals surface area contributed by atoms with Crippen LogP contribution >= 0.6 is 0 Å². The average molecular weight is 265 g/mol. The molecule has 0 radical (unpaired) electrons. The summed E-state index contributed by atoms with van der Waals surface area (Å²) in [6.45, 7) is 3.49. The topological polar surface area (TPSA) is 72.4 Å². The van der Waals surface area contributed by atoms with E-state index in [9.17, 15) is 0 Å². The first-order chi connectivity index (χ1) is 9.28. The fourth-order valence-electron chi connectivity index (χ4n) is 2.88. The highest BCUT2D eigenvalue weighted by atomic mass is 16.5. The standard InChI is InChI=1S/C12H19N5O2/c1-18-11-14-10(15-12(16-11)19-2)13-9-7-17-5-3-8(9)4-6-17/h8-9H,3-7H2,1-2H3,(H,13,14,15,16). The molecule has 1 aromatic heterocycles. The number of aromatic nitrogens is 3. The van der Waals surface area contributed by atoms with E-state index in [1.54, 1.807) is 0 Å². The van der Waals surface area contributed by atoms with E-state index < -0.39 is 0 Å². The minimum atomic E-state index is 0.274. The lowest BCUT2D eigenvalue weighted by Gasteiger charge is -2.44. The van der Waals surface area contributed by atoms with Crippen LogP contribution in [-0.4, -0.2) is 59.7 Å². The Hall–Kier alpha value is -1.63. The van der Waals surface area contributed by atoms with Crippen molar-refractivity contribution in [1.29, 1.82) is 0 Å². The summed E-state index contributed by atoms with van der Waals surface area (Å²) in [6.07, 6.45) is 2.49. The molecule has 2 bridgehead atoms. The van der Waals surface area contributed by atoms with Gasteiger partial charge in [0.25, 0.3) is 0 Å². The van der Waals surface area contributed by atoms with Crippen molar-refractivity contribution in [2.45, 2.75) is 18.9 Å². The molecule has 1 N–H and O–H groups in total. The van der Waals surface area contributed by atoms with Crippen LogP contribution in [0.15, 0.2) is 0 Å². The minimum absolute atomic E-state index is 0.274. The third kappa shape index (κ3) is 2.56. The Bertz CT molecular complexity index is 425. The van der Waals surface area contributed by atoms with Crippen LogP contribution in [0.2, 0.25) is 0 Å². The number of nitrogens with one attached hydrogen (secondary N) is 1. The van der Waals surface area contributed by atoms with Crippen LogP contribution < -0.4 is 14.8 Å². The van der Waals surface area contributed by atoms with E-state index in [1.165, 1.54) is 40.2 Å². The summed E-state index contributed by atoms with van der Waals surface area (Å²) in [5.41, 5.74) is 0. The summed E-state index contributed by atoms with van der Waals surface area (Å²) in [5, 5.41) is 3.40. The molecule has 7 nitrogen and oxygen atoms in total. The predicted molar refractivity (Wildman–Crippen MR) is 69.5 cm³/mol. The van der Waals surface area contributed by atoms with Gasteiger partial charge in [0, 0.05) is 12.6 Å². The quantitative estimate of drug-likeness (QED) is 0.844. The number of nitrogens with zero attached hydrogens (tertiary/aromatic N) is 4. The Morgan fingerprint density at radius 1 is 1.05 bits per heavy atom. The summed E-state index contributed by atoms with van der Waals surface area (Å²) < 4.78 is 10.1. The first kappa shape index (κ1) is 12.4. The van der Waals surface area contributed by atoms with E-state index in [2.05, 4.69) is 25.2 Å². The van der Waals surface area contributed by atoms with Crippen LogP contribution in [0.3, 0.4) is 0 Å². The molecule has 3 saturated heterocycles. The van der Waals surface area contributed by atoms with E-state index in [0.29, 0.717) is 17.9 Å². The first-order valence-electron chi connectivity index (χ1n) is 6.61. The number of anilines is 1. The highest BCUT2D eigenvalue weighted by molar-refractivity contribution is 5.30. The maximum atomic E-state index is 5.06. The van der Waals surface area contributed by atoms with Crippen LogP contribution in [0.25, 0.3) is 0 Å². The van der Waals surface area contributed by atoms with Crippen LogP contribution in [0.5, 0.6) is 12.0 Å². The van der Waals surface area contributed by atoms with Gasteiger partial charge in [-0.1, -0.05) is 0 Å². The molecule has 0 spiro atoms. The number of rotatable bonds is 4. The van der Waals surface area contributed by atoms with Gasteiger partial charge in [0.05, 0.1) is 14.2 Å². The zero-order valence-corrected chi connectivity index (χ0v) is 11.3. The average Bonchev–Trinajstić information content (AvgIpc) is 2.48. The zero-order chi connectivity index (χ0) is 13.2. The lowest BCUT2D eigenvalue weighted by Crippen LogP contribution is -2.53. The van der Waals surface area contributed by atoms with Crippen molar-refractivity contribution in [2.24, 2.45) is 5.92 Å². The maximum absolute atomic E-state index is 5.06. The molecule has 0 amide bonds. The van der Waals surface area contributed by atoms with Gasteiger partial charge in [-0.25, -0.2) is 0 Å². The lowest BCUT2D eigenvalue weighted by molar-refractivity contribution is 0.0971. The van der Waals surface area contributed by atoms with Crippen molar-refractivity contribution < 1.29 is 9.47 Å². The van der Waals surface area contributed by atoms with Crippen LogP contribution in [0, 0.1) is 5.92 Å². The Labute approximate surface area is 112 Å². The van der Waals surface area contributed by atoms with Gasteiger partial charge in [0.15, 0.2) is 0 Å². The second-order valence-electron chi connectivity index (χ2n) is 5.02. The van der Waals surface area contributed by atoms with Gasteiger partial charge in [-0.15, -0.1) is 4.98 Å². The van der Waals surface area contributed by atoms with E-state index in [1.807, 2.05) is 0 Å². The maximum Gasteiger partial charge on any atom is 0.324 e. The number of methoxy groups -OCH3 is 2. The molecular weight excluding hydrogens is 246 g/mol. The molecule has 1 aromatic rings. The molecule has 4 rings (SSSR count). The number of ether oxygens (including phenoxy) is 2. The van der Waals surface area contributed by atoms with Crippen LogP contribution in [0.4, 0.5) is 5.95 Å². The van der Waals surface area contributed by atoms with E-state index in [-0.39, 0.29) is 12.0 Å². The Kier molecular flexibility index (Phi) is 3.37. The van der Waals surface area contributed by atoms with Crippen LogP contribution in [0.1, 0.15) is 12.8 Å². The molecule has 104 valence electrons. The highest BCUT2D eigenvalue weighted by Gasteiger charge is 2.34. The van der Waals surface area contributed by atoms with E-state index in [0.717, 1.165) is 6.54 Å². The molecule has 1 unspecified atom stereocenters. The largest absolute Gasteiger partial charge is 0.467 e. The molecule has 4 heterocycles. The van der Waals surface area contributed by atoms with Gasteiger partial charge >= 0.3 is 12.0 Å². The molecule has 0 saturated carbocycles. The molecule has 19 heavy (non-hydrogen) atoms. The second-order valence-corrected chi connectivity index (χ2v) is 5.02. The van der Waals surface area contributed by atoms with E-state index in [4.69, 9.17) is 9.47 Å². The molecule has 7 heteroatoms. The van der Waals surface area contributed by atoms with Crippen LogP contribution in [-0.2, 0) is 0 Å². The van der Waals surface area contributed by atoms with Crippen molar-refractivity contribution in [2.75, 3.05) is 39.2 Å². The monoisotopic (exact) mass is 265 g/mol. The van der Waals surface area contributed by atoms with Crippen molar-refractivity contribution in [3.05, 3.63) is 0 Å². The Morgan fingerprint density at radius 3 is 2.16 bits per heavy atom. The molecule has 3 aliphatic heterocycles.